The van der Waals surface area contributed by atoms with Gasteiger partial charge in [-0.25, -0.2) is 0 Å². The second-order valence-corrected chi connectivity index (χ2v) is 6.80. The molecule has 0 aromatic carbocycles. The highest BCUT2D eigenvalue weighted by atomic mass is 35.5. The Hall–Kier alpha value is -0.810. The minimum Gasteiger partial charge on any atom is -0.338 e. The van der Waals surface area contributed by atoms with Crippen LogP contribution in [0.4, 0.5) is 5.95 Å². The van der Waals surface area contributed by atoms with Crippen molar-refractivity contribution < 1.29 is 4.52 Å². The molecule has 3 heterocycles. The summed E-state index contributed by atoms with van der Waals surface area (Å²) in [6.07, 6.45) is 9.00. The molecule has 4 rings (SSSR count). The first kappa shape index (κ1) is 15.1. The van der Waals surface area contributed by atoms with Crippen LogP contribution in [-0.2, 0) is 0 Å². The molecule has 3 aliphatic rings. The molecule has 2 saturated heterocycles. The number of rotatable bonds is 2. The summed E-state index contributed by atoms with van der Waals surface area (Å²) in [6, 6.07) is 0. The Kier molecular flexibility index (Phi) is 4.41. The lowest BCUT2D eigenvalue weighted by Crippen LogP contribution is -2.37. The fourth-order valence-electron chi connectivity index (χ4n) is 3.76. The van der Waals surface area contributed by atoms with Gasteiger partial charge in [0.1, 0.15) is 0 Å². The second kappa shape index (κ2) is 6.13. The maximum absolute atomic E-state index is 5.41. The first-order valence-electron chi connectivity index (χ1n) is 8.14. The van der Waals surface area contributed by atoms with Crippen molar-refractivity contribution in [2.45, 2.75) is 50.9 Å². The predicted octanol–water partition coefficient (Wildman–Crippen LogP) is 2.73. The zero-order chi connectivity index (χ0) is 13.4. The molecule has 1 saturated carbocycles. The van der Waals surface area contributed by atoms with Crippen LogP contribution in [-0.4, -0.2) is 36.3 Å². The lowest BCUT2D eigenvalue weighted by Gasteiger charge is -2.36. The zero-order valence-corrected chi connectivity index (χ0v) is 13.3. The van der Waals surface area contributed by atoms with Gasteiger partial charge in [0.15, 0.2) is 0 Å². The molecule has 0 atom stereocenters. The van der Waals surface area contributed by atoms with Crippen LogP contribution < -0.4 is 10.2 Å². The van der Waals surface area contributed by atoms with Crippen molar-refractivity contribution >= 4 is 18.4 Å². The summed E-state index contributed by atoms with van der Waals surface area (Å²) in [6.45, 7) is 4.55. The highest BCUT2D eigenvalue weighted by Crippen LogP contribution is 2.41. The van der Waals surface area contributed by atoms with Gasteiger partial charge in [0.25, 0.3) is 5.95 Å². The fourth-order valence-corrected chi connectivity index (χ4v) is 3.76. The number of piperidine rings is 1. The molecule has 5 nitrogen and oxygen atoms in total. The highest BCUT2D eigenvalue weighted by Gasteiger charge is 2.35. The van der Waals surface area contributed by atoms with Crippen molar-refractivity contribution in [3.05, 3.63) is 5.89 Å². The number of aromatic nitrogens is 2. The minimum absolute atomic E-state index is 0. The Labute approximate surface area is 132 Å². The Balaban J connectivity index is 0.00000132. The lowest BCUT2D eigenvalue weighted by molar-refractivity contribution is 0.178. The van der Waals surface area contributed by atoms with Crippen LogP contribution >= 0.6 is 12.4 Å². The van der Waals surface area contributed by atoms with Gasteiger partial charge >= 0.3 is 0 Å². The van der Waals surface area contributed by atoms with E-state index >= 15 is 0 Å². The van der Waals surface area contributed by atoms with E-state index < -0.39 is 0 Å². The Morgan fingerprint density at radius 3 is 2.67 bits per heavy atom. The second-order valence-electron chi connectivity index (χ2n) is 6.80. The smallest absolute Gasteiger partial charge is 0.266 e. The highest BCUT2D eigenvalue weighted by molar-refractivity contribution is 5.85. The summed E-state index contributed by atoms with van der Waals surface area (Å²) in [5.74, 6) is 2.25. The van der Waals surface area contributed by atoms with Gasteiger partial charge in [-0.2, -0.15) is 4.98 Å². The summed E-state index contributed by atoms with van der Waals surface area (Å²) in [5, 5.41) is 7.69. The quantitative estimate of drug-likeness (QED) is 0.910. The normalized spacial score (nSPS) is 25.4. The van der Waals surface area contributed by atoms with Crippen molar-refractivity contribution in [2.24, 2.45) is 5.41 Å². The van der Waals surface area contributed by atoms with Crippen molar-refractivity contribution in [1.29, 1.82) is 0 Å². The molecule has 0 amide bonds. The average Bonchev–Trinajstić information content (AvgIpc) is 3.25. The van der Waals surface area contributed by atoms with E-state index in [-0.39, 0.29) is 12.4 Å². The van der Waals surface area contributed by atoms with Gasteiger partial charge in [0, 0.05) is 19.0 Å². The van der Waals surface area contributed by atoms with Gasteiger partial charge in [0.2, 0.25) is 5.89 Å². The van der Waals surface area contributed by atoms with Crippen LogP contribution in [0.25, 0.3) is 0 Å². The number of halogens is 1. The molecule has 118 valence electrons. The summed E-state index contributed by atoms with van der Waals surface area (Å²) < 4.78 is 5.41. The standard InChI is InChI=1S/C15H24N4O.ClH/c1-4-15(5-8-16-9-6-15)7-11-19(10-1)14-17-13(20-18-14)12-2-3-12;/h12,16H,1-11H2;1H. The molecule has 1 aliphatic carbocycles. The van der Waals surface area contributed by atoms with Crippen molar-refractivity contribution in [3.8, 4) is 0 Å². The van der Waals surface area contributed by atoms with Crippen LogP contribution in [0.3, 0.4) is 0 Å². The van der Waals surface area contributed by atoms with E-state index in [2.05, 4.69) is 20.4 Å². The maximum Gasteiger partial charge on any atom is 0.266 e. The van der Waals surface area contributed by atoms with Crippen molar-refractivity contribution in [1.82, 2.24) is 15.5 Å². The predicted molar refractivity (Wildman–Crippen MR) is 84.1 cm³/mol. The van der Waals surface area contributed by atoms with Gasteiger partial charge in [0.05, 0.1) is 0 Å². The Morgan fingerprint density at radius 1 is 1.10 bits per heavy atom. The van der Waals surface area contributed by atoms with E-state index in [9.17, 15) is 0 Å². The molecular formula is C15H25ClN4O. The third kappa shape index (κ3) is 3.19. The molecule has 1 N–H and O–H groups in total. The molecule has 0 radical (unpaired) electrons. The summed E-state index contributed by atoms with van der Waals surface area (Å²) in [7, 11) is 0. The summed E-state index contributed by atoms with van der Waals surface area (Å²) in [4.78, 5) is 6.95. The number of hydrogen-bond donors (Lipinski definition) is 1. The third-order valence-electron chi connectivity index (χ3n) is 5.35. The van der Waals surface area contributed by atoms with Crippen molar-refractivity contribution in [3.63, 3.8) is 0 Å². The van der Waals surface area contributed by atoms with E-state index in [1.54, 1.807) is 0 Å². The monoisotopic (exact) mass is 312 g/mol. The molecule has 3 fully saturated rings. The van der Waals surface area contributed by atoms with E-state index in [4.69, 9.17) is 4.52 Å². The van der Waals surface area contributed by atoms with Gasteiger partial charge in [-0.3, -0.25) is 0 Å². The van der Waals surface area contributed by atoms with E-state index in [0.29, 0.717) is 11.3 Å². The fraction of sp³-hybridized carbons (Fsp3) is 0.867. The number of hydrogen-bond acceptors (Lipinski definition) is 5. The Bertz CT molecular complexity index is 468. The van der Waals surface area contributed by atoms with Crippen LogP contribution in [0.1, 0.15) is 56.8 Å². The molecule has 1 aromatic heterocycles. The molecule has 0 bridgehead atoms. The van der Waals surface area contributed by atoms with E-state index in [0.717, 1.165) is 24.9 Å². The number of anilines is 1. The molecule has 2 aliphatic heterocycles. The largest absolute Gasteiger partial charge is 0.338 e. The first-order valence-corrected chi connectivity index (χ1v) is 8.14. The number of nitrogens with zero attached hydrogens (tertiary/aromatic N) is 3. The van der Waals surface area contributed by atoms with Gasteiger partial charge in [-0.05, 0) is 68.6 Å². The number of nitrogens with one attached hydrogen (secondary N) is 1. The van der Waals surface area contributed by atoms with Crippen LogP contribution in [0.5, 0.6) is 0 Å². The average molecular weight is 313 g/mol. The molecule has 1 aromatic rings. The summed E-state index contributed by atoms with van der Waals surface area (Å²) in [5.41, 5.74) is 0.572. The molecule has 1 spiro atoms. The van der Waals surface area contributed by atoms with Crippen LogP contribution in [0, 0.1) is 5.41 Å². The third-order valence-corrected chi connectivity index (χ3v) is 5.35. The zero-order valence-electron chi connectivity index (χ0n) is 12.5. The lowest BCUT2D eigenvalue weighted by atomic mass is 9.73. The molecular weight excluding hydrogens is 288 g/mol. The van der Waals surface area contributed by atoms with E-state index in [1.807, 2.05) is 0 Å². The maximum atomic E-state index is 5.41. The van der Waals surface area contributed by atoms with Gasteiger partial charge < -0.3 is 14.7 Å². The first-order chi connectivity index (χ1) is 9.85. The minimum atomic E-state index is 0. The topological polar surface area (TPSA) is 54.2 Å². The van der Waals surface area contributed by atoms with Crippen molar-refractivity contribution in [2.75, 3.05) is 31.1 Å². The summed E-state index contributed by atoms with van der Waals surface area (Å²) >= 11 is 0. The SMILES string of the molecule is C1CN(c2noc(C3CC3)n2)CCC2(C1)CCNCC2.Cl. The molecule has 0 unspecified atom stereocenters. The molecule has 21 heavy (non-hydrogen) atoms. The van der Waals surface area contributed by atoms with Gasteiger partial charge in [-0.1, -0.05) is 0 Å². The van der Waals surface area contributed by atoms with Crippen LogP contribution in [0.2, 0.25) is 0 Å². The van der Waals surface area contributed by atoms with Crippen LogP contribution in [0.15, 0.2) is 4.52 Å². The van der Waals surface area contributed by atoms with Gasteiger partial charge in [-0.15, -0.1) is 12.4 Å². The molecule has 6 heteroatoms. The van der Waals surface area contributed by atoms with E-state index in [1.165, 1.54) is 58.0 Å². The Morgan fingerprint density at radius 2 is 1.90 bits per heavy atom.